The molecule has 4 heteroatoms. The molecule has 0 aliphatic heterocycles. The highest BCUT2D eigenvalue weighted by molar-refractivity contribution is 6.06. The standard InChI is InChI=1S/C20H22N2O2/c1-12-2-7-18-16(8-12)17(10-19(22-18)14-4-5-14)20(24)21-15-6-3-13(9-15)11-23/h2-3,6-8,10,13-15,23H,4-5,9,11H2,1H3,(H,21,24)/t13-,15+/m0/s1. The van der Waals surface area contributed by atoms with Crippen LogP contribution >= 0.6 is 0 Å². The number of nitrogens with one attached hydrogen (secondary N) is 1. The minimum absolute atomic E-state index is 0.00736. The van der Waals surface area contributed by atoms with Gasteiger partial charge >= 0.3 is 0 Å². The molecule has 2 N–H and O–H groups in total. The molecule has 1 amide bonds. The van der Waals surface area contributed by atoms with Crippen molar-refractivity contribution in [2.75, 3.05) is 6.61 Å². The van der Waals surface area contributed by atoms with Gasteiger partial charge in [-0.1, -0.05) is 23.8 Å². The van der Waals surface area contributed by atoms with Gasteiger partial charge in [-0.3, -0.25) is 9.78 Å². The fraction of sp³-hybridized carbons (Fsp3) is 0.400. The number of aliphatic hydroxyl groups excluding tert-OH is 1. The molecule has 2 aliphatic carbocycles. The smallest absolute Gasteiger partial charge is 0.252 e. The van der Waals surface area contributed by atoms with Crippen molar-refractivity contribution in [2.24, 2.45) is 5.92 Å². The van der Waals surface area contributed by atoms with E-state index >= 15 is 0 Å². The van der Waals surface area contributed by atoms with Crippen molar-refractivity contribution in [2.45, 2.75) is 38.1 Å². The van der Waals surface area contributed by atoms with Gasteiger partial charge in [0.2, 0.25) is 0 Å². The number of aryl methyl sites for hydroxylation is 1. The third kappa shape index (κ3) is 2.94. The molecule has 1 aromatic heterocycles. The molecule has 0 unspecified atom stereocenters. The van der Waals surface area contributed by atoms with Gasteiger partial charge in [0.15, 0.2) is 0 Å². The highest BCUT2D eigenvalue weighted by atomic mass is 16.3. The molecule has 124 valence electrons. The quantitative estimate of drug-likeness (QED) is 0.850. The first kappa shape index (κ1) is 15.3. The van der Waals surface area contributed by atoms with Gasteiger partial charge in [0, 0.05) is 35.6 Å². The number of aromatic nitrogens is 1. The first-order valence-corrected chi connectivity index (χ1v) is 8.65. The molecule has 1 fully saturated rings. The van der Waals surface area contributed by atoms with Crippen LogP contribution in [0.3, 0.4) is 0 Å². The summed E-state index contributed by atoms with van der Waals surface area (Å²) in [5, 5.41) is 13.2. The van der Waals surface area contributed by atoms with Crippen molar-refractivity contribution < 1.29 is 9.90 Å². The summed E-state index contributed by atoms with van der Waals surface area (Å²) in [5.41, 5.74) is 3.77. The molecule has 4 nitrogen and oxygen atoms in total. The molecule has 2 atom stereocenters. The SMILES string of the molecule is Cc1ccc2nc(C3CC3)cc(C(=O)N[C@@H]3C=C[C@H](CO)C3)c2c1. The van der Waals surface area contributed by atoms with Gasteiger partial charge in [-0.25, -0.2) is 0 Å². The van der Waals surface area contributed by atoms with E-state index in [1.807, 2.05) is 43.3 Å². The minimum atomic E-state index is -0.0526. The molecule has 2 aromatic rings. The number of aliphatic hydroxyl groups is 1. The summed E-state index contributed by atoms with van der Waals surface area (Å²) >= 11 is 0. The Morgan fingerprint density at radius 3 is 2.83 bits per heavy atom. The summed E-state index contributed by atoms with van der Waals surface area (Å²) in [5.74, 6) is 0.601. The highest BCUT2D eigenvalue weighted by Crippen LogP contribution is 2.40. The topological polar surface area (TPSA) is 62.2 Å². The van der Waals surface area contributed by atoms with Crippen molar-refractivity contribution in [1.82, 2.24) is 10.3 Å². The summed E-state index contributed by atoms with van der Waals surface area (Å²) < 4.78 is 0. The first-order valence-electron chi connectivity index (χ1n) is 8.65. The van der Waals surface area contributed by atoms with E-state index in [0.717, 1.165) is 41.4 Å². The number of benzene rings is 1. The molecule has 2 aliphatic rings. The van der Waals surface area contributed by atoms with E-state index < -0.39 is 0 Å². The lowest BCUT2D eigenvalue weighted by Crippen LogP contribution is -2.33. The van der Waals surface area contributed by atoms with Gasteiger partial charge in [0.25, 0.3) is 5.91 Å². The average Bonchev–Trinajstić information content (AvgIpc) is 3.34. The zero-order valence-electron chi connectivity index (χ0n) is 13.8. The van der Waals surface area contributed by atoms with Crippen LogP contribution in [0.5, 0.6) is 0 Å². The maximum atomic E-state index is 12.9. The van der Waals surface area contributed by atoms with Gasteiger partial charge in [0.05, 0.1) is 11.1 Å². The largest absolute Gasteiger partial charge is 0.396 e. The minimum Gasteiger partial charge on any atom is -0.396 e. The lowest BCUT2D eigenvalue weighted by molar-refractivity contribution is 0.0942. The maximum absolute atomic E-state index is 12.9. The summed E-state index contributed by atoms with van der Waals surface area (Å²) in [4.78, 5) is 17.6. The molecule has 24 heavy (non-hydrogen) atoms. The van der Waals surface area contributed by atoms with Gasteiger partial charge in [-0.2, -0.15) is 0 Å². The third-order valence-corrected chi connectivity index (χ3v) is 4.95. The van der Waals surface area contributed by atoms with Crippen LogP contribution < -0.4 is 5.32 Å². The molecule has 0 bridgehead atoms. The Morgan fingerprint density at radius 2 is 2.12 bits per heavy atom. The molecule has 0 saturated heterocycles. The molecule has 1 saturated carbocycles. The van der Waals surface area contributed by atoms with Crippen molar-refractivity contribution >= 4 is 16.8 Å². The average molecular weight is 322 g/mol. The summed E-state index contributed by atoms with van der Waals surface area (Å²) in [6.45, 7) is 2.16. The second kappa shape index (κ2) is 6.02. The maximum Gasteiger partial charge on any atom is 0.252 e. The van der Waals surface area contributed by atoms with E-state index in [4.69, 9.17) is 4.98 Å². The van der Waals surface area contributed by atoms with Crippen LogP contribution in [0, 0.1) is 12.8 Å². The number of fused-ring (bicyclic) bond motifs is 1. The van der Waals surface area contributed by atoms with Gasteiger partial charge in [-0.15, -0.1) is 0 Å². The monoisotopic (exact) mass is 322 g/mol. The molecule has 4 rings (SSSR count). The fourth-order valence-corrected chi connectivity index (χ4v) is 3.40. The van der Waals surface area contributed by atoms with Gasteiger partial charge < -0.3 is 10.4 Å². The Morgan fingerprint density at radius 1 is 1.29 bits per heavy atom. The van der Waals surface area contributed by atoms with Crippen LogP contribution in [0.15, 0.2) is 36.4 Å². The van der Waals surface area contributed by atoms with Crippen LogP contribution in [0.25, 0.3) is 10.9 Å². The Kier molecular flexibility index (Phi) is 3.85. The lowest BCUT2D eigenvalue weighted by Gasteiger charge is -2.15. The van der Waals surface area contributed by atoms with Crippen LogP contribution in [0.2, 0.25) is 0 Å². The third-order valence-electron chi connectivity index (χ3n) is 4.95. The fourth-order valence-electron chi connectivity index (χ4n) is 3.40. The van der Waals surface area contributed by atoms with Crippen LogP contribution in [-0.4, -0.2) is 28.6 Å². The molecule has 0 spiro atoms. The van der Waals surface area contributed by atoms with Crippen molar-refractivity contribution in [3.05, 3.63) is 53.2 Å². The molecule has 0 radical (unpaired) electrons. The number of pyridine rings is 1. The van der Waals surface area contributed by atoms with E-state index in [0.29, 0.717) is 11.5 Å². The van der Waals surface area contributed by atoms with Crippen LogP contribution in [-0.2, 0) is 0 Å². The second-order valence-corrected chi connectivity index (χ2v) is 7.03. The normalized spacial score (nSPS) is 22.9. The first-order chi connectivity index (χ1) is 11.6. The predicted octanol–water partition coefficient (Wildman–Crippen LogP) is 3.09. The van der Waals surface area contributed by atoms with E-state index in [1.54, 1.807) is 0 Å². The van der Waals surface area contributed by atoms with E-state index in [-0.39, 0.29) is 24.5 Å². The van der Waals surface area contributed by atoms with Crippen molar-refractivity contribution in [1.29, 1.82) is 0 Å². The van der Waals surface area contributed by atoms with Crippen molar-refractivity contribution in [3.63, 3.8) is 0 Å². The van der Waals surface area contributed by atoms with Gasteiger partial charge in [-0.05, 0) is 44.4 Å². The van der Waals surface area contributed by atoms with E-state index in [1.165, 1.54) is 0 Å². The summed E-state index contributed by atoms with van der Waals surface area (Å²) in [6, 6.07) is 8.04. The number of carbonyl (C=O) groups excluding carboxylic acids is 1. The molecular formula is C20H22N2O2. The van der Waals surface area contributed by atoms with Gasteiger partial charge in [0.1, 0.15) is 0 Å². The second-order valence-electron chi connectivity index (χ2n) is 7.03. The highest BCUT2D eigenvalue weighted by Gasteiger charge is 2.28. The molecule has 1 heterocycles. The number of nitrogens with zero attached hydrogens (tertiary/aromatic N) is 1. The lowest BCUT2D eigenvalue weighted by atomic mass is 10.0. The Bertz CT molecular complexity index is 824. The van der Waals surface area contributed by atoms with E-state index in [9.17, 15) is 9.90 Å². The molecular weight excluding hydrogens is 300 g/mol. The van der Waals surface area contributed by atoms with Crippen LogP contribution in [0.4, 0.5) is 0 Å². The number of hydrogen-bond donors (Lipinski definition) is 2. The Hall–Kier alpha value is -2.20. The zero-order valence-corrected chi connectivity index (χ0v) is 13.8. The number of amides is 1. The molecule has 1 aromatic carbocycles. The van der Waals surface area contributed by atoms with Crippen LogP contribution in [0.1, 0.15) is 46.8 Å². The summed E-state index contributed by atoms with van der Waals surface area (Å²) in [6.07, 6.45) is 7.05. The number of carbonyl (C=O) groups is 1. The van der Waals surface area contributed by atoms with Crippen molar-refractivity contribution in [3.8, 4) is 0 Å². The number of hydrogen-bond acceptors (Lipinski definition) is 3. The number of rotatable bonds is 4. The van der Waals surface area contributed by atoms with E-state index in [2.05, 4.69) is 5.32 Å². The zero-order chi connectivity index (χ0) is 16.7. The predicted molar refractivity (Wildman–Crippen MR) is 94.0 cm³/mol. The Labute approximate surface area is 141 Å². The summed E-state index contributed by atoms with van der Waals surface area (Å²) in [7, 11) is 0. The Balaban J connectivity index is 1.67.